The molecule has 2 atom stereocenters. The highest BCUT2D eigenvalue weighted by Gasteiger charge is 2.46. The summed E-state index contributed by atoms with van der Waals surface area (Å²) in [6.45, 7) is 6.90. The van der Waals surface area contributed by atoms with E-state index in [1.165, 1.54) is 0 Å². The number of hydrogen-bond donors (Lipinski definition) is 1. The smallest absolute Gasteiger partial charge is 0.328 e. The Morgan fingerprint density at radius 2 is 1.58 bits per heavy atom. The number of H-pyrrole nitrogens is 1. The molecule has 142 valence electrons. The molecule has 0 spiro atoms. The molecule has 0 aromatic carbocycles. The second-order valence-electron chi connectivity index (χ2n) is 5.95. The highest BCUT2D eigenvalue weighted by Crippen LogP contribution is 2.27. The van der Waals surface area contributed by atoms with Crippen LogP contribution in [0.25, 0.3) is 0 Å². The number of esters is 2. The first-order valence-electron chi connectivity index (χ1n) is 8.55. The van der Waals surface area contributed by atoms with E-state index in [1.54, 1.807) is 27.7 Å². The molecule has 2 heterocycles. The number of aromatic amines is 1. The van der Waals surface area contributed by atoms with Crippen LogP contribution in [0.2, 0.25) is 0 Å². The largest absolute Gasteiger partial charge is 0.464 e. The Labute approximate surface area is 150 Å². The molecule has 1 aromatic heterocycles. The summed E-state index contributed by atoms with van der Waals surface area (Å²) in [7, 11) is 0. The van der Waals surface area contributed by atoms with Gasteiger partial charge in [0.2, 0.25) is 0 Å². The van der Waals surface area contributed by atoms with E-state index < -0.39 is 35.5 Å². The number of rotatable bonds is 5. The predicted molar refractivity (Wildman–Crippen MR) is 90.6 cm³/mol. The second-order valence-corrected chi connectivity index (χ2v) is 5.95. The van der Waals surface area contributed by atoms with Gasteiger partial charge in [-0.05, 0) is 40.5 Å². The minimum Gasteiger partial charge on any atom is -0.464 e. The van der Waals surface area contributed by atoms with Crippen molar-refractivity contribution >= 4 is 17.8 Å². The second kappa shape index (κ2) is 8.11. The molecule has 9 nitrogen and oxygen atoms in total. The molecule has 1 aliphatic rings. The van der Waals surface area contributed by atoms with Crippen molar-refractivity contribution in [2.75, 3.05) is 13.2 Å². The molecule has 0 radical (unpaired) electrons. The van der Waals surface area contributed by atoms with Crippen LogP contribution in [0.15, 0.2) is 4.79 Å². The summed E-state index contributed by atoms with van der Waals surface area (Å²) in [4.78, 5) is 57.4. The maximum absolute atomic E-state index is 13.0. The van der Waals surface area contributed by atoms with E-state index in [2.05, 4.69) is 9.97 Å². The molecular formula is C17H23N3O6. The van der Waals surface area contributed by atoms with E-state index in [0.717, 1.165) is 4.90 Å². The molecule has 1 N–H and O–H groups in total. The number of nitrogens with zero attached hydrogens (tertiary/aromatic N) is 2. The molecule has 1 amide bonds. The van der Waals surface area contributed by atoms with Crippen LogP contribution >= 0.6 is 0 Å². The molecule has 2 rings (SSSR count). The van der Waals surface area contributed by atoms with Gasteiger partial charge in [-0.3, -0.25) is 9.59 Å². The fourth-order valence-electron chi connectivity index (χ4n) is 2.92. The third-order valence-electron chi connectivity index (χ3n) is 4.28. The third kappa shape index (κ3) is 3.76. The SMILES string of the molecule is CCOC(=O)[C@H]1CC[C@@H](C(=O)OCC)N1C(=O)c1nc(C)c(C)[nH]c1=O. The molecule has 0 unspecified atom stereocenters. The molecule has 1 aliphatic heterocycles. The van der Waals surface area contributed by atoms with Gasteiger partial charge in [0.1, 0.15) is 12.1 Å². The van der Waals surface area contributed by atoms with E-state index in [1.807, 2.05) is 0 Å². The minimum atomic E-state index is -0.959. The first-order chi connectivity index (χ1) is 12.3. The topological polar surface area (TPSA) is 119 Å². The van der Waals surface area contributed by atoms with Gasteiger partial charge in [0.05, 0.1) is 18.9 Å². The van der Waals surface area contributed by atoms with Gasteiger partial charge in [0, 0.05) is 5.69 Å². The number of hydrogen-bond acceptors (Lipinski definition) is 7. The number of aryl methyl sites for hydroxylation is 2. The summed E-state index contributed by atoms with van der Waals surface area (Å²) in [6, 6.07) is -1.92. The average molecular weight is 365 g/mol. The van der Waals surface area contributed by atoms with Gasteiger partial charge in [-0.2, -0.15) is 0 Å². The Balaban J connectivity index is 2.44. The van der Waals surface area contributed by atoms with E-state index in [-0.39, 0.29) is 31.7 Å². The first-order valence-corrected chi connectivity index (χ1v) is 8.55. The maximum atomic E-state index is 13.0. The third-order valence-corrected chi connectivity index (χ3v) is 4.28. The van der Waals surface area contributed by atoms with Gasteiger partial charge in [0.25, 0.3) is 11.5 Å². The number of amides is 1. The fourth-order valence-corrected chi connectivity index (χ4v) is 2.92. The molecule has 26 heavy (non-hydrogen) atoms. The van der Waals surface area contributed by atoms with Crippen molar-refractivity contribution in [2.24, 2.45) is 0 Å². The van der Waals surface area contributed by atoms with Crippen LogP contribution in [0.1, 0.15) is 48.6 Å². The molecule has 0 saturated carbocycles. The van der Waals surface area contributed by atoms with Crippen LogP contribution in [0.3, 0.4) is 0 Å². The average Bonchev–Trinajstić information content (AvgIpc) is 3.03. The van der Waals surface area contributed by atoms with Crippen molar-refractivity contribution in [1.82, 2.24) is 14.9 Å². The number of ether oxygens (including phenoxy) is 2. The summed E-state index contributed by atoms with van der Waals surface area (Å²) >= 11 is 0. The Kier molecular flexibility index (Phi) is 6.12. The fraction of sp³-hybridized carbons (Fsp3) is 0.588. The van der Waals surface area contributed by atoms with Crippen molar-refractivity contribution in [3.05, 3.63) is 27.4 Å². The van der Waals surface area contributed by atoms with Gasteiger partial charge < -0.3 is 19.4 Å². The van der Waals surface area contributed by atoms with Gasteiger partial charge >= 0.3 is 11.9 Å². The predicted octanol–water partition coefficient (Wildman–Crippen LogP) is 0.486. The molecule has 0 bridgehead atoms. The molecule has 0 aliphatic carbocycles. The summed E-state index contributed by atoms with van der Waals surface area (Å²) < 4.78 is 10.0. The first kappa shape index (κ1) is 19.6. The standard InChI is InChI=1S/C17H23N3O6/c1-5-25-16(23)11-7-8-12(17(24)26-6-2)20(11)15(22)13-14(21)19-10(4)9(3)18-13/h11-12H,5-8H2,1-4H3,(H,19,21)/t11-,12+. The van der Waals surface area contributed by atoms with Gasteiger partial charge in [-0.15, -0.1) is 0 Å². The zero-order valence-electron chi connectivity index (χ0n) is 15.3. The summed E-state index contributed by atoms with van der Waals surface area (Å²) in [5.41, 5.74) is -0.0156. The minimum absolute atomic E-state index is 0.143. The van der Waals surface area contributed by atoms with E-state index in [9.17, 15) is 19.2 Å². The zero-order valence-corrected chi connectivity index (χ0v) is 15.3. The molecular weight excluding hydrogens is 342 g/mol. The van der Waals surface area contributed by atoms with Crippen LogP contribution in [0.4, 0.5) is 0 Å². The molecule has 1 fully saturated rings. The van der Waals surface area contributed by atoms with Gasteiger partial charge in [-0.1, -0.05) is 0 Å². The molecule has 1 aromatic rings. The number of nitrogens with one attached hydrogen (secondary N) is 1. The summed E-state index contributed by atoms with van der Waals surface area (Å²) in [6.07, 6.45) is 0.494. The normalized spacial score (nSPS) is 19.3. The zero-order chi connectivity index (χ0) is 19.4. The monoisotopic (exact) mass is 365 g/mol. The highest BCUT2D eigenvalue weighted by molar-refractivity contribution is 5.98. The Hall–Kier alpha value is -2.71. The molecule has 9 heteroatoms. The van der Waals surface area contributed by atoms with Gasteiger partial charge in [0.15, 0.2) is 5.69 Å². The van der Waals surface area contributed by atoms with Crippen LogP contribution in [-0.4, -0.2) is 58.0 Å². The lowest BCUT2D eigenvalue weighted by Gasteiger charge is -2.27. The van der Waals surface area contributed by atoms with Crippen molar-refractivity contribution in [1.29, 1.82) is 0 Å². The Morgan fingerprint density at radius 3 is 2.04 bits per heavy atom. The van der Waals surface area contributed by atoms with E-state index in [4.69, 9.17) is 9.47 Å². The van der Waals surface area contributed by atoms with Crippen LogP contribution < -0.4 is 5.56 Å². The summed E-state index contributed by atoms with van der Waals surface area (Å²) in [5.74, 6) is -2.02. The summed E-state index contributed by atoms with van der Waals surface area (Å²) in [5, 5.41) is 0. The van der Waals surface area contributed by atoms with Crippen molar-refractivity contribution in [2.45, 2.75) is 52.6 Å². The lowest BCUT2D eigenvalue weighted by atomic mass is 10.2. The van der Waals surface area contributed by atoms with Crippen molar-refractivity contribution < 1.29 is 23.9 Å². The van der Waals surface area contributed by atoms with Gasteiger partial charge in [-0.25, -0.2) is 14.6 Å². The number of likely N-dealkylation sites (tertiary alicyclic amines) is 1. The quantitative estimate of drug-likeness (QED) is 0.754. The number of carbonyl (C=O) groups excluding carboxylic acids is 3. The van der Waals surface area contributed by atoms with Crippen molar-refractivity contribution in [3.63, 3.8) is 0 Å². The lowest BCUT2D eigenvalue weighted by Crippen LogP contribution is -2.50. The molecule has 1 saturated heterocycles. The van der Waals surface area contributed by atoms with Crippen LogP contribution in [-0.2, 0) is 19.1 Å². The van der Waals surface area contributed by atoms with Crippen LogP contribution in [0.5, 0.6) is 0 Å². The highest BCUT2D eigenvalue weighted by atomic mass is 16.5. The van der Waals surface area contributed by atoms with Crippen molar-refractivity contribution in [3.8, 4) is 0 Å². The Morgan fingerprint density at radius 1 is 1.08 bits per heavy atom. The van der Waals surface area contributed by atoms with E-state index in [0.29, 0.717) is 11.4 Å². The van der Waals surface area contributed by atoms with Crippen LogP contribution in [0, 0.1) is 13.8 Å². The number of aromatic nitrogens is 2. The maximum Gasteiger partial charge on any atom is 0.328 e. The number of carbonyl (C=O) groups is 3. The Bertz CT molecular complexity index is 746. The van der Waals surface area contributed by atoms with E-state index >= 15 is 0 Å². The lowest BCUT2D eigenvalue weighted by molar-refractivity contribution is -0.151.